The van der Waals surface area contributed by atoms with Crippen LogP contribution in [0, 0.1) is 11.8 Å². The van der Waals surface area contributed by atoms with E-state index in [1.807, 2.05) is 5.92 Å². The second kappa shape index (κ2) is 6.91. The fraction of sp³-hybridized carbons (Fsp3) is 0.263. The minimum Gasteiger partial charge on any atom is -0.374 e. The minimum absolute atomic E-state index is 0.359. The molecule has 0 aromatic heterocycles. The number of benzene rings is 2. The molecule has 0 saturated carbocycles. The van der Waals surface area contributed by atoms with E-state index in [0.717, 1.165) is 37.3 Å². The Morgan fingerprint density at radius 2 is 1.22 bits per heavy atom. The Hall–Kier alpha value is -2.50. The lowest BCUT2D eigenvalue weighted by Gasteiger charge is -2.26. The van der Waals surface area contributed by atoms with Crippen molar-refractivity contribution in [1.29, 1.82) is 0 Å². The van der Waals surface area contributed by atoms with E-state index in [9.17, 15) is 36.6 Å². The Morgan fingerprint density at radius 1 is 0.704 bits per heavy atom. The van der Waals surface area contributed by atoms with Crippen molar-refractivity contribution in [2.75, 3.05) is 0 Å². The molecule has 0 amide bonds. The van der Waals surface area contributed by atoms with Crippen molar-refractivity contribution >= 4 is 0 Å². The van der Waals surface area contributed by atoms with Crippen molar-refractivity contribution in [2.45, 2.75) is 30.5 Å². The number of hydrogen-bond acceptors (Lipinski definition) is 2. The van der Waals surface area contributed by atoms with Crippen LogP contribution in [0.3, 0.4) is 0 Å². The highest BCUT2D eigenvalue weighted by Gasteiger charge is 2.54. The summed E-state index contributed by atoms with van der Waals surface area (Å²) >= 11 is 0. The van der Waals surface area contributed by atoms with Crippen LogP contribution in [0.25, 0.3) is 0 Å². The third-order valence-electron chi connectivity index (χ3n) is 3.84. The van der Waals surface area contributed by atoms with Gasteiger partial charge in [-0.05, 0) is 24.6 Å². The van der Waals surface area contributed by atoms with Gasteiger partial charge < -0.3 is 10.2 Å². The van der Waals surface area contributed by atoms with Gasteiger partial charge in [-0.25, -0.2) is 0 Å². The average molecular weight is 388 g/mol. The summed E-state index contributed by atoms with van der Waals surface area (Å²) in [5.74, 6) is 3.47. The molecule has 2 N–H and O–H groups in total. The molecule has 27 heavy (non-hydrogen) atoms. The molecule has 2 atom stereocenters. The molecule has 2 aromatic rings. The molecule has 0 fully saturated rings. The van der Waals surface area contributed by atoms with Gasteiger partial charge >= 0.3 is 12.4 Å². The summed E-state index contributed by atoms with van der Waals surface area (Å²) in [6.07, 6.45) is -9.90. The molecule has 0 radical (unpaired) electrons. The highest BCUT2D eigenvalue weighted by Crippen LogP contribution is 2.39. The number of hydrogen-bond donors (Lipinski definition) is 2. The van der Waals surface area contributed by atoms with Gasteiger partial charge in [0.1, 0.15) is 5.60 Å². The third kappa shape index (κ3) is 4.43. The highest BCUT2D eigenvalue weighted by molar-refractivity contribution is 5.40. The van der Waals surface area contributed by atoms with Crippen LogP contribution < -0.4 is 0 Å². The average Bonchev–Trinajstić information content (AvgIpc) is 2.59. The van der Waals surface area contributed by atoms with E-state index in [0.29, 0.717) is 6.07 Å². The van der Waals surface area contributed by atoms with Crippen molar-refractivity contribution in [2.24, 2.45) is 0 Å². The van der Waals surface area contributed by atoms with E-state index in [4.69, 9.17) is 0 Å². The first kappa shape index (κ1) is 20.8. The molecule has 0 aliphatic heterocycles. The van der Waals surface area contributed by atoms with Crippen LogP contribution in [0.15, 0.2) is 54.6 Å². The number of halogens is 6. The zero-order valence-corrected chi connectivity index (χ0v) is 13.9. The maximum Gasteiger partial charge on any atom is 0.433 e. The Kier molecular flexibility index (Phi) is 5.32. The zero-order valence-electron chi connectivity index (χ0n) is 13.9. The lowest BCUT2D eigenvalue weighted by molar-refractivity contribution is -0.240. The summed E-state index contributed by atoms with van der Waals surface area (Å²) in [7, 11) is 0. The Bertz CT molecular complexity index is 859. The molecule has 0 aliphatic carbocycles. The number of alkyl halides is 6. The monoisotopic (exact) mass is 388 g/mol. The van der Waals surface area contributed by atoms with Crippen molar-refractivity contribution in [3.63, 3.8) is 0 Å². The van der Waals surface area contributed by atoms with Crippen LogP contribution in [0.1, 0.15) is 23.6 Å². The Morgan fingerprint density at radius 3 is 1.74 bits per heavy atom. The van der Waals surface area contributed by atoms with Crippen molar-refractivity contribution < 1.29 is 36.6 Å². The van der Waals surface area contributed by atoms with Gasteiger partial charge in [0, 0.05) is 5.56 Å². The van der Waals surface area contributed by atoms with E-state index >= 15 is 0 Å². The van der Waals surface area contributed by atoms with Crippen molar-refractivity contribution in [3.05, 3.63) is 71.3 Å². The van der Waals surface area contributed by atoms with Gasteiger partial charge in [0.15, 0.2) is 0 Å². The second-order valence-electron chi connectivity index (χ2n) is 5.97. The standard InChI is InChI=1S/C19H14F6O2/c1-16(26,14-8-5-9-15(12-14)18(20,21)22)10-11-17(27,19(23,24)25)13-6-3-2-4-7-13/h2-9,12,26-27H,1H3/t16-,17-/m0/s1. The van der Waals surface area contributed by atoms with Crippen LogP contribution in [-0.4, -0.2) is 16.4 Å². The molecule has 2 nitrogen and oxygen atoms in total. The molecule has 2 aromatic carbocycles. The molecule has 0 bridgehead atoms. The smallest absolute Gasteiger partial charge is 0.374 e. The van der Waals surface area contributed by atoms with E-state index in [2.05, 4.69) is 0 Å². The first-order valence-corrected chi connectivity index (χ1v) is 7.56. The number of rotatable bonds is 2. The fourth-order valence-electron chi connectivity index (χ4n) is 2.27. The van der Waals surface area contributed by atoms with E-state index < -0.39 is 34.7 Å². The molecule has 8 heteroatoms. The summed E-state index contributed by atoms with van der Waals surface area (Å²) in [5, 5.41) is 20.5. The molecule has 0 aliphatic rings. The van der Waals surface area contributed by atoms with Gasteiger partial charge in [0.25, 0.3) is 0 Å². The molecule has 144 valence electrons. The van der Waals surface area contributed by atoms with E-state index in [1.165, 1.54) is 18.2 Å². The van der Waals surface area contributed by atoms with Crippen LogP contribution in [0.5, 0.6) is 0 Å². The lowest BCUT2D eigenvalue weighted by Crippen LogP contribution is -2.41. The molecular formula is C19H14F6O2. The van der Waals surface area contributed by atoms with Crippen molar-refractivity contribution in [1.82, 2.24) is 0 Å². The second-order valence-corrected chi connectivity index (χ2v) is 5.97. The first-order valence-electron chi connectivity index (χ1n) is 7.56. The van der Waals surface area contributed by atoms with Gasteiger partial charge in [-0.2, -0.15) is 26.3 Å². The molecule has 0 spiro atoms. The predicted molar refractivity (Wildman–Crippen MR) is 85.2 cm³/mol. The molecular weight excluding hydrogens is 374 g/mol. The Balaban J connectivity index is 2.52. The zero-order chi connectivity index (χ0) is 20.5. The predicted octanol–water partition coefficient (Wildman–Crippen LogP) is 4.37. The number of aliphatic hydroxyl groups is 2. The van der Waals surface area contributed by atoms with Gasteiger partial charge in [-0.15, -0.1) is 0 Å². The molecule has 0 saturated heterocycles. The van der Waals surface area contributed by atoms with Gasteiger partial charge in [0.05, 0.1) is 5.56 Å². The van der Waals surface area contributed by atoms with Gasteiger partial charge in [0.2, 0.25) is 5.60 Å². The summed E-state index contributed by atoms with van der Waals surface area (Å²) in [4.78, 5) is 0. The maximum atomic E-state index is 13.4. The Labute approximate surface area is 151 Å². The topological polar surface area (TPSA) is 40.5 Å². The van der Waals surface area contributed by atoms with Gasteiger partial charge in [-0.3, -0.25) is 0 Å². The normalized spacial score (nSPS) is 16.6. The van der Waals surface area contributed by atoms with Gasteiger partial charge in [-0.1, -0.05) is 54.3 Å². The summed E-state index contributed by atoms with van der Waals surface area (Å²) in [5.41, 5.74) is -7.99. The molecule has 0 heterocycles. The third-order valence-corrected chi connectivity index (χ3v) is 3.84. The largest absolute Gasteiger partial charge is 0.433 e. The quantitative estimate of drug-likeness (QED) is 0.593. The highest BCUT2D eigenvalue weighted by atomic mass is 19.4. The summed E-state index contributed by atoms with van der Waals surface area (Å²) < 4.78 is 78.6. The molecule has 0 unspecified atom stereocenters. The summed E-state index contributed by atoms with van der Waals surface area (Å²) in [6, 6.07) is 9.40. The van der Waals surface area contributed by atoms with E-state index in [1.54, 1.807) is 5.92 Å². The van der Waals surface area contributed by atoms with E-state index in [-0.39, 0.29) is 5.56 Å². The van der Waals surface area contributed by atoms with Crippen LogP contribution in [0.2, 0.25) is 0 Å². The fourth-order valence-corrected chi connectivity index (χ4v) is 2.27. The van der Waals surface area contributed by atoms with Crippen LogP contribution in [0.4, 0.5) is 26.3 Å². The lowest BCUT2D eigenvalue weighted by atomic mass is 9.90. The minimum atomic E-state index is -5.20. The van der Waals surface area contributed by atoms with Crippen LogP contribution in [-0.2, 0) is 17.4 Å². The molecule has 2 rings (SSSR count). The van der Waals surface area contributed by atoms with Crippen molar-refractivity contribution in [3.8, 4) is 11.8 Å². The maximum absolute atomic E-state index is 13.4. The summed E-state index contributed by atoms with van der Waals surface area (Å²) in [6.45, 7) is 0.942. The SMILES string of the molecule is C[C@](O)(C#C[C@](O)(c1ccccc1)C(F)(F)F)c1cccc(C(F)(F)F)c1. The van der Waals surface area contributed by atoms with Crippen LogP contribution >= 0.6 is 0 Å². The first-order chi connectivity index (χ1) is 12.3.